The van der Waals surface area contributed by atoms with E-state index in [0.717, 1.165) is 24.2 Å². The average molecular weight is 176 g/mol. The Morgan fingerprint density at radius 3 is 2.38 bits per heavy atom. The van der Waals surface area contributed by atoms with Crippen molar-refractivity contribution in [2.24, 2.45) is 5.92 Å². The van der Waals surface area contributed by atoms with Crippen molar-refractivity contribution in [3.8, 4) is 5.75 Å². The Balaban J connectivity index is 2.06. The first-order valence-corrected chi connectivity index (χ1v) is 5.04. The highest BCUT2D eigenvalue weighted by Gasteiger charge is 2.33. The van der Waals surface area contributed by atoms with Gasteiger partial charge in [-0.2, -0.15) is 0 Å². The molecule has 1 aliphatic rings. The zero-order chi connectivity index (χ0) is 9.26. The van der Waals surface area contributed by atoms with Crippen molar-refractivity contribution in [2.45, 2.75) is 26.2 Å². The molecule has 0 aromatic heterocycles. The van der Waals surface area contributed by atoms with Crippen molar-refractivity contribution < 1.29 is 4.74 Å². The van der Waals surface area contributed by atoms with E-state index < -0.39 is 0 Å². The summed E-state index contributed by atoms with van der Waals surface area (Å²) in [6.07, 6.45) is 1.36. The third kappa shape index (κ3) is 1.85. The molecule has 0 N–H and O–H groups in total. The highest BCUT2D eigenvalue weighted by atomic mass is 16.5. The van der Waals surface area contributed by atoms with Gasteiger partial charge in [0.1, 0.15) is 5.75 Å². The van der Waals surface area contributed by atoms with Crippen LogP contribution in [0.3, 0.4) is 0 Å². The van der Waals surface area contributed by atoms with Crippen LogP contribution in [-0.2, 0) is 0 Å². The summed E-state index contributed by atoms with van der Waals surface area (Å²) in [7, 11) is 0. The standard InChI is InChI=1S/C12H16O/c1-3-13-11-6-4-10(5-7-11)12-8-9(12)2/h4-7,9,12H,3,8H2,1-2H3/t9-,12+/m0/s1. The highest BCUT2D eigenvalue weighted by Crippen LogP contribution is 2.46. The summed E-state index contributed by atoms with van der Waals surface area (Å²) in [5.74, 6) is 2.69. The topological polar surface area (TPSA) is 9.23 Å². The molecule has 1 aromatic carbocycles. The van der Waals surface area contributed by atoms with Crippen molar-refractivity contribution in [3.63, 3.8) is 0 Å². The number of hydrogen-bond donors (Lipinski definition) is 0. The minimum Gasteiger partial charge on any atom is -0.494 e. The molecule has 2 atom stereocenters. The van der Waals surface area contributed by atoms with Crippen LogP contribution in [0.4, 0.5) is 0 Å². The minimum absolute atomic E-state index is 0.749. The van der Waals surface area contributed by atoms with Gasteiger partial charge in [0.05, 0.1) is 6.61 Å². The van der Waals surface area contributed by atoms with Crippen molar-refractivity contribution in [2.75, 3.05) is 6.61 Å². The predicted octanol–water partition coefficient (Wildman–Crippen LogP) is 3.21. The van der Waals surface area contributed by atoms with Crippen LogP contribution in [0, 0.1) is 5.92 Å². The molecule has 0 heterocycles. The molecule has 70 valence electrons. The lowest BCUT2D eigenvalue weighted by Crippen LogP contribution is -1.91. The van der Waals surface area contributed by atoms with Gasteiger partial charge in [-0.15, -0.1) is 0 Å². The fourth-order valence-electron chi connectivity index (χ4n) is 1.76. The number of hydrogen-bond acceptors (Lipinski definition) is 1. The normalized spacial score (nSPS) is 25.7. The second-order valence-corrected chi connectivity index (χ2v) is 3.82. The van der Waals surface area contributed by atoms with Gasteiger partial charge in [-0.1, -0.05) is 19.1 Å². The van der Waals surface area contributed by atoms with E-state index in [-0.39, 0.29) is 0 Å². The molecule has 0 radical (unpaired) electrons. The van der Waals surface area contributed by atoms with Gasteiger partial charge < -0.3 is 4.74 Å². The van der Waals surface area contributed by atoms with Gasteiger partial charge in [0.25, 0.3) is 0 Å². The van der Waals surface area contributed by atoms with Crippen LogP contribution in [0.25, 0.3) is 0 Å². The lowest BCUT2D eigenvalue weighted by atomic mass is 10.1. The van der Waals surface area contributed by atoms with Crippen molar-refractivity contribution in [1.29, 1.82) is 0 Å². The van der Waals surface area contributed by atoms with Gasteiger partial charge in [-0.3, -0.25) is 0 Å². The third-order valence-corrected chi connectivity index (χ3v) is 2.73. The van der Waals surface area contributed by atoms with E-state index in [1.54, 1.807) is 0 Å². The summed E-state index contributed by atoms with van der Waals surface area (Å²) in [6.45, 7) is 5.07. The molecule has 1 aliphatic carbocycles. The Labute approximate surface area is 79.7 Å². The molecule has 1 saturated carbocycles. The Bertz CT molecular complexity index is 276. The van der Waals surface area contributed by atoms with E-state index in [2.05, 4.69) is 31.2 Å². The van der Waals surface area contributed by atoms with E-state index in [4.69, 9.17) is 4.74 Å². The lowest BCUT2D eigenvalue weighted by molar-refractivity contribution is 0.340. The summed E-state index contributed by atoms with van der Waals surface area (Å²) in [4.78, 5) is 0. The smallest absolute Gasteiger partial charge is 0.119 e. The molecule has 13 heavy (non-hydrogen) atoms. The summed E-state index contributed by atoms with van der Waals surface area (Å²) < 4.78 is 5.39. The second kappa shape index (κ2) is 3.41. The molecule has 2 rings (SSSR count). The van der Waals surface area contributed by atoms with Gasteiger partial charge in [-0.25, -0.2) is 0 Å². The molecular weight excluding hydrogens is 160 g/mol. The van der Waals surface area contributed by atoms with Crippen LogP contribution in [0.2, 0.25) is 0 Å². The van der Waals surface area contributed by atoms with Gasteiger partial charge in [-0.05, 0) is 42.9 Å². The fraction of sp³-hybridized carbons (Fsp3) is 0.500. The lowest BCUT2D eigenvalue weighted by Gasteiger charge is -2.03. The second-order valence-electron chi connectivity index (χ2n) is 3.82. The number of benzene rings is 1. The Morgan fingerprint density at radius 2 is 1.92 bits per heavy atom. The SMILES string of the molecule is CCOc1ccc([C@@H]2C[C@@H]2C)cc1. The van der Waals surface area contributed by atoms with E-state index in [1.165, 1.54) is 12.0 Å². The van der Waals surface area contributed by atoms with Gasteiger partial charge in [0.15, 0.2) is 0 Å². The maximum absolute atomic E-state index is 5.39. The molecule has 0 aliphatic heterocycles. The largest absolute Gasteiger partial charge is 0.494 e. The summed E-state index contributed by atoms with van der Waals surface area (Å²) >= 11 is 0. The molecule has 0 saturated heterocycles. The molecule has 1 nitrogen and oxygen atoms in total. The number of rotatable bonds is 3. The first-order chi connectivity index (χ1) is 6.31. The zero-order valence-electron chi connectivity index (χ0n) is 8.29. The Morgan fingerprint density at radius 1 is 1.31 bits per heavy atom. The van der Waals surface area contributed by atoms with Gasteiger partial charge >= 0.3 is 0 Å². The zero-order valence-corrected chi connectivity index (χ0v) is 8.29. The van der Waals surface area contributed by atoms with Crippen LogP contribution in [0.5, 0.6) is 5.75 Å². The minimum atomic E-state index is 0.749. The Hall–Kier alpha value is -0.980. The van der Waals surface area contributed by atoms with Crippen LogP contribution in [0.1, 0.15) is 31.7 Å². The van der Waals surface area contributed by atoms with E-state index >= 15 is 0 Å². The van der Waals surface area contributed by atoms with Crippen molar-refractivity contribution in [3.05, 3.63) is 29.8 Å². The van der Waals surface area contributed by atoms with Crippen LogP contribution >= 0.6 is 0 Å². The Kier molecular flexibility index (Phi) is 2.26. The molecular formula is C12H16O. The first-order valence-electron chi connectivity index (χ1n) is 5.04. The van der Waals surface area contributed by atoms with E-state index in [9.17, 15) is 0 Å². The van der Waals surface area contributed by atoms with Crippen LogP contribution in [-0.4, -0.2) is 6.61 Å². The monoisotopic (exact) mass is 176 g/mol. The highest BCUT2D eigenvalue weighted by molar-refractivity contribution is 5.32. The molecule has 1 heteroatoms. The predicted molar refractivity (Wildman–Crippen MR) is 54.1 cm³/mol. The quantitative estimate of drug-likeness (QED) is 0.687. The molecule has 0 unspecified atom stereocenters. The summed E-state index contributed by atoms with van der Waals surface area (Å²) in [5.41, 5.74) is 1.47. The van der Waals surface area contributed by atoms with E-state index in [0.29, 0.717) is 0 Å². The van der Waals surface area contributed by atoms with Crippen LogP contribution in [0.15, 0.2) is 24.3 Å². The maximum Gasteiger partial charge on any atom is 0.119 e. The maximum atomic E-state index is 5.39. The summed E-state index contributed by atoms with van der Waals surface area (Å²) in [6, 6.07) is 8.53. The summed E-state index contributed by atoms with van der Waals surface area (Å²) in [5, 5.41) is 0. The molecule has 1 fully saturated rings. The molecule has 0 amide bonds. The third-order valence-electron chi connectivity index (χ3n) is 2.73. The van der Waals surface area contributed by atoms with Crippen molar-refractivity contribution >= 4 is 0 Å². The molecule has 1 aromatic rings. The first kappa shape index (κ1) is 8.61. The van der Waals surface area contributed by atoms with Crippen molar-refractivity contribution in [1.82, 2.24) is 0 Å². The molecule has 0 bridgehead atoms. The van der Waals surface area contributed by atoms with Gasteiger partial charge in [0, 0.05) is 0 Å². The van der Waals surface area contributed by atoms with Gasteiger partial charge in [0.2, 0.25) is 0 Å². The average Bonchev–Trinajstić information content (AvgIpc) is 2.85. The van der Waals surface area contributed by atoms with Crippen LogP contribution < -0.4 is 4.74 Å². The fourth-order valence-corrected chi connectivity index (χ4v) is 1.76. The van der Waals surface area contributed by atoms with E-state index in [1.807, 2.05) is 6.92 Å². The molecule has 0 spiro atoms. The number of ether oxygens (including phenoxy) is 1.